The molecule has 1 atom stereocenters. The summed E-state index contributed by atoms with van der Waals surface area (Å²) < 4.78 is 32.7. The van der Waals surface area contributed by atoms with Crippen LogP contribution in [-0.4, -0.2) is 28.7 Å². The Balaban J connectivity index is 0.000000431. The fourth-order valence-corrected chi connectivity index (χ4v) is 3.90. The minimum Gasteiger partial charge on any atom is -0.300 e. The first kappa shape index (κ1) is 20.8. The van der Waals surface area contributed by atoms with Crippen molar-refractivity contribution in [3.05, 3.63) is 71.8 Å². The van der Waals surface area contributed by atoms with Gasteiger partial charge in [-0.15, -0.1) is 0 Å². The Kier molecular flexibility index (Phi) is 6.45. The van der Waals surface area contributed by atoms with E-state index in [1.165, 1.54) is 24.0 Å². The lowest BCUT2D eigenvalue weighted by molar-refractivity contribution is -1.92. The van der Waals surface area contributed by atoms with E-state index in [2.05, 4.69) is 86.5 Å². The molecule has 1 N–H and O–H groups in total. The van der Waals surface area contributed by atoms with Crippen LogP contribution < -0.4 is 14.0 Å². The van der Waals surface area contributed by atoms with Gasteiger partial charge in [0.25, 0.3) is 0 Å². The summed E-state index contributed by atoms with van der Waals surface area (Å²) in [5.41, 5.74) is 3.27. The molecule has 142 valence electrons. The third-order valence-electron chi connectivity index (χ3n) is 5.53. The quantitative estimate of drug-likeness (QED) is 0.830. The number of rotatable bonds is 3. The molecule has 0 spiro atoms. The first-order chi connectivity index (χ1) is 12.1. The van der Waals surface area contributed by atoms with Crippen molar-refractivity contribution in [2.24, 2.45) is 0 Å². The number of hydrogen-bond acceptors (Lipinski definition) is 5. The van der Waals surface area contributed by atoms with E-state index in [0.29, 0.717) is 0 Å². The van der Waals surface area contributed by atoms with E-state index in [0.717, 1.165) is 6.54 Å². The van der Waals surface area contributed by atoms with Gasteiger partial charge in [0.15, 0.2) is 0 Å². The second kappa shape index (κ2) is 8.05. The predicted octanol–water partition coefficient (Wildman–Crippen LogP) is 0.353. The fourth-order valence-electron chi connectivity index (χ4n) is 3.90. The van der Waals surface area contributed by atoms with Gasteiger partial charge >= 0.3 is 0 Å². The largest absolute Gasteiger partial charge is 0.300 e. The number of halogens is 1. The van der Waals surface area contributed by atoms with E-state index in [-0.39, 0.29) is 11.0 Å². The molecule has 1 saturated heterocycles. The van der Waals surface area contributed by atoms with Crippen molar-refractivity contribution in [2.75, 3.05) is 13.6 Å². The van der Waals surface area contributed by atoms with Crippen LogP contribution in [0.1, 0.15) is 37.8 Å². The highest BCUT2D eigenvalue weighted by molar-refractivity contribution is 5.42. The van der Waals surface area contributed by atoms with Crippen LogP contribution in [-0.2, 0) is 5.41 Å². The van der Waals surface area contributed by atoms with E-state index in [4.69, 9.17) is 18.6 Å². The molecule has 0 radical (unpaired) electrons. The molecule has 1 unspecified atom stereocenters. The lowest BCUT2D eigenvalue weighted by atomic mass is 9.70. The highest BCUT2D eigenvalue weighted by atomic mass is 35.7. The molecule has 26 heavy (non-hydrogen) atoms. The van der Waals surface area contributed by atoms with Crippen LogP contribution in [0.15, 0.2) is 60.7 Å². The zero-order valence-electron chi connectivity index (χ0n) is 15.4. The second-order valence-electron chi connectivity index (χ2n) is 7.09. The first-order valence-corrected chi connectivity index (χ1v) is 9.83. The molecule has 5 nitrogen and oxygen atoms in total. The monoisotopic (exact) mass is 379 g/mol. The second-order valence-corrected chi connectivity index (χ2v) is 7.89. The molecule has 2 aromatic carbocycles. The summed E-state index contributed by atoms with van der Waals surface area (Å²) in [5.74, 6) is 0. The Hall–Kier alpha value is -1.47. The summed E-state index contributed by atoms with van der Waals surface area (Å²) in [4.78, 5) is 2.55. The summed E-state index contributed by atoms with van der Waals surface area (Å²) in [6.07, 6.45) is 2.37. The predicted molar refractivity (Wildman–Crippen MR) is 91.8 cm³/mol. The van der Waals surface area contributed by atoms with Crippen molar-refractivity contribution in [1.82, 2.24) is 4.90 Å². The molecule has 1 fully saturated rings. The lowest BCUT2D eigenvalue weighted by Gasteiger charge is -2.32. The molecule has 0 aliphatic carbocycles. The summed E-state index contributed by atoms with van der Waals surface area (Å²) in [6.45, 7) is 5.80. The van der Waals surface area contributed by atoms with Crippen LogP contribution in [0.3, 0.4) is 0 Å². The maximum absolute atomic E-state index is 8.60. The first-order valence-electron chi connectivity index (χ1n) is 8.56. The van der Waals surface area contributed by atoms with Crippen LogP contribution >= 0.6 is 0 Å². The van der Waals surface area contributed by atoms with Crippen molar-refractivity contribution in [3.8, 4) is 0 Å². The van der Waals surface area contributed by atoms with Gasteiger partial charge < -0.3 is 0 Å². The third kappa shape index (κ3) is 4.82. The van der Waals surface area contributed by atoms with Crippen molar-refractivity contribution >= 4 is 0 Å². The van der Waals surface area contributed by atoms with E-state index < -0.39 is 10.2 Å². The van der Waals surface area contributed by atoms with Crippen molar-refractivity contribution in [2.45, 2.75) is 37.6 Å². The van der Waals surface area contributed by atoms with E-state index in [9.17, 15) is 0 Å². The summed E-state index contributed by atoms with van der Waals surface area (Å²) in [7, 11) is -2.42. The maximum atomic E-state index is 8.60. The molecule has 2 aromatic rings. The molecular weight excluding hydrogens is 354 g/mol. The van der Waals surface area contributed by atoms with Gasteiger partial charge in [-0.1, -0.05) is 67.6 Å². The molecular formula is C20H26ClNO4. The van der Waals surface area contributed by atoms with Gasteiger partial charge in [-0.25, -0.2) is 0 Å². The molecule has 6 heteroatoms. The van der Waals surface area contributed by atoms with Crippen LogP contribution in [0.5, 0.6) is 0 Å². The van der Waals surface area contributed by atoms with Crippen LogP contribution in [0, 0.1) is 10.2 Å². The number of likely N-dealkylation sites (N-methyl/N-ethyl adjacent to an activating group) is 1. The average molecular weight is 380 g/mol. The Labute approximate surface area is 157 Å². The SMILES string of the molecule is CCC1(C)CC(c2ccccc2)(c2ccccc2)CN1C.[O-][Cl+3]([O-])([O-])O. The van der Waals surface area contributed by atoms with Crippen LogP contribution in [0.4, 0.5) is 0 Å². The Morgan fingerprint density at radius 3 is 1.65 bits per heavy atom. The molecule has 0 amide bonds. The topological polar surface area (TPSA) is 92.7 Å². The van der Waals surface area contributed by atoms with E-state index >= 15 is 0 Å². The highest BCUT2D eigenvalue weighted by Crippen LogP contribution is 2.48. The lowest BCUT2D eigenvalue weighted by Crippen LogP contribution is -2.58. The van der Waals surface area contributed by atoms with Gasteiger partial charge in [0.1, 0.15) is 0 Å². The van der Waals surface area contributed by atoms with Gasteiger partial charge in [0.05, 0.1) is 14.9 Å². The van der Waals surface area contributed by atoms with Gasteiger partial charge in [0.2, 0.25) is 0 Å². The van der Waals surface area contributed by atoms with Gasteiger partial charge in [0, 0.05) is 17.5 Å². The molecule has 1 heterocycles. The van der Waals surface area contributed by atoms with Crippen molar-refractivity contribution in [3.63, 3.8) is 0 Å². The molecule has 1 aliphatic rings. The van der Waals surface area contributed by atoms with Crippen molar-refractivity contribution < 1.29 is 28.9 Å². The number of hydrogen-bond donors (Lipinski definition) is 1. The van der Waals surface area contributed by atoms with Crippen molar-refractivity contribution in [1.29, 1.82) is 0 Å². The molecule has 1 aliphatic heterocycles. The maximum Gasteiger partial charge on any atom is 0.0777 e. The van der Waals surface area contributed by atoms with Crippen LogP contribution in [0.25, 0.3) is 0 Å². The Bertz CT molecular complexity index is 644. The summed E-state index contributed by atoms with van der Waals surface area (Å²) in [5, 5.41) is 0. The zero-order chi connectivity index (χ0) is 19.4. The van der Waals surface area contributed by atoms with Gasteiger partial charge in [-0.2, -0.15) is 14.0 Å². The molecule has 0 aromatic heterocycles. The van der Waals surface area contributed by atoms with Gasteiger partial charge in [-0.05, 0) is 37.9 Å². The normalized spacial score (nSPS) is 22.6. The summed E-state index contributed by atoms with van der Waals surface area (Å²) in [6, 6.07) is 22.1. The smallest absolute Gasteiger partial charge is 0.0777 e. The highest BCUT2D eigenvalue weighted by Gasteiger charge is 2.49. The average Bonchev–Trinajstić information content (AvgIpc) is 2.88. The van der Waals surface area contributed by atoms with Gasteiger partial charge in [-0.3, -0.25) is 4.90 Å². The van der Waals surface area contributed by atoms with E-state index in [1.54, 1.807) is 0 Å². The van der Waals surface area contributed by atoms with E-state index in [1.807, 2.05) is 0 Å². The molecule has 3 rings (SSSR count). The molecule has 0 bridgehead atoms. The standard InChI is InChI=1S/C20H25N.ClHO4/c1-4-19(2)15-20(16-21(19)3,17-11-7-5-8-12-17)18-13-9-6-10-14-18;2-1(3,4)5/h5-14H,4,15-16H2,1-3H3;(H,2,3,4,5). The number of benzene rings is 2. The van der Waals surface area contributed by atoms with Crippen LogP contribution in [0.2, 0.25) is 0 Å². The number of likely N-dealkylation sites (tertiary alicyclic amines) is 1. The zero-order valence-corrected chi connectivity index (χ0v) is 16.1. The minimum absolute atomic E-state index is 0.113. The third-order valence-corrected chi connectivity index (χ3v) is 5.53. The fraction of sp³-hybridized carbons (Fsp3) is 0.400. The number of nitrogens with zero attached hydrogens (tertiary/aromatic N) is 1. The Morgan fingerprint density at radius 2 is 1.35 bits per heavy atom. The molecule has 0 saturated carbocycles. The summed E-state index contributed by atoms with van der Waals surface area (Å²) >= 11 is 0. The Morgan fingerprint density at radius 1 is 0.962 bits per heavy atom. The minimum atomic E-state index is -4.69.